The average molecular weight is 259 g/mol. The van der Waals surface area contributed by atoms with E-state index in [4.69, 9.17) is 4.74 Å². The standard InChI is InChI=1S/C11H12BrFO/c12-10-4-2-9(3-5-10)11(13)6-1-7-14-8-11/h2-5H,1,6-8H2. The zero-order chi connectivity index (χ0) is 10.0. The monoisotopic (exact) mass is 258 g/mol. The third-order valence-corrected chi connectivity index (χ3v) is 3.08. The van der Waals surface area contributed by atoms with Crippen molar-refractivity contribution in [1.82, 2.24) is 0 Å². The number of halogens is 2. The fourth-order valence-electron chi connectivity index (χ4n) is 1.74. The van der Waals surface area contributed by atoms with Gasteiger partial charge in [0.25, 0.3) is 0 Å². The number of hydrogen-bond donors (Lipinski definition) is 0. The van der Waals surface area contributed by atoms with E-state index in [0.29, 0.717) is 13.0 Å². The molecule has 0 aliphatic carbocycles. The summed E-state index contributed by atoms with van der Waals surface area (Å²) in [5.74, 6) is 0. The zero-order valence-electron chi connectivity index (χ0n) is 7.80. The van der Waals surface area contributed by atoms with Crippen molar-refractivity contribution in [3.05, 3.63) is 34.3 Å². The van der Waals surface area contributed by atoms with E-state index in [-0.39, 0.29) is 6.61 Å². The molecule has 1 unspecified atom stereocenters. The molecular weight excluding hydrogens is 247 g/mol. The third kappa shape index (κ3) is 1.98. The van der Waals surface area contributed by atoms with Gasteiger partial charge >= 0.3 is 0 Å². The first-order chi connectivity index (χ1) is 6.71. The minimum absolute atomic E-state index is 0.189. The van der Waals surface area contributed by atoms with Crippen LogP contribution in [0.4, 0.5) is 4.39 Å². The largest absolute Gasteiger partial charge is 0.378 e. The molecule has 1 aromatic rings. The van der Waals surface area contributed by atoms with Gasteiger partial charge in [-0.25, -0.2) is 4.39 Å². The number of rotatable bonds is 1. The van der Waals surface area contributed by atoms with Gasteiger partial charge in [-0.2, -0.15) is 0 Å². The fraction of sp³-hybridized carbons (Fsp3) is 0.455. The Morgan fingerprint density at radius 3 is 2.57 bits per heavy atom. The van der Waals surface area contributed by atoms with Gasteiger partial charge in [-0.05, 0) is 30.5 Å². The molecule has 14 heavy (non-hydrogen) atoms. The van der Waals surface area contributed by atoms with Crippen molar-refractivity contribution in [2.24, 2.45) is 0 Å². The summed E-state index contributed by atoms with van der Waals surface area (Å²) in [7, 11) is 0. The summed E-state index contributed by atoms with van der Waals surface area (Å²) >= 11 is 3.33. The van der Waals surface area contributed by atoms with E-state index in [0.717, 1.165) is 16.5 Å². The van der Waals surface area contributed by atoms with E-state index >= 15 is 0 Å². The minimum Gasteiger partial charge on any atom is -0.378 e. The molecule has 1 aliphatic heterocycles. The molecule has 0 radical (unpaired) electrons. The Bertz CT molecular complexity index is 304. The van der Waals surface area contributed by atoms with Crippen molar-refractivity contribution < 1.29 is 9.13 Å². The first-order valence-corrected chi connectivity index (χ1v) is 5.53. The summed E-state index contributed by atoms with van der Waals surface area (Å²) in [4.78, 5) is 0. The molecule has 1 atom stereocenters. The summed E-state index contributed by atoms with van der Waals surface area (Å²) in [5, 5.41) is 0. The third-order valence-electron chi connectivity index (χ3n) is 2.55. The molecule has 76 valence electrons. The van der Waals surface area contributed by atoms with Crippen molar-refractivity contribution in [2.75, 3.05) is 13.2 Å². The van der Waals surface area contributed by atoms with Crippen molar-refractivity contribution in [3.8, 4) is 0 Å². The molecule has 1 aliphatic rings. The summed E-state index contributed by atoms with van der Waals surface area (Å²) in [5.41, 5.74) is -0.556. The van der Waals surface area contributed by atoms with E-state index < -0.39 is 5.67 Å². The molecule has 1 fully saturated rings. The molecule has 0 spiro atoms. The molecule has 1 saturated heterocycles. The Kier molecular flexibility index (Phi) is 2.88. The molecule has 0 bridgehead atoms. The topological polar surface area (TPSA) is 9.23 Å². The maximum Gasteiger partial charge on any atom is 0.159 e. The van der Waals surface area contributed by atoms with Gasteiger partial charge in [-0.15, -0.1) is 0 Å². The second-order valence-corrected chi connectivity index (χ2v) is 4.54. The number of hydrogen-bond acceptors (Lipinski definition) is 1. The summed E-state index contributed by atoms with van der Waals surface area (Å²) in [6.45, 7) is 0.872. The van der Waals surface area contributed by atoms with Crippen molar-refractivity contribution >= 4 is 15.9 Å². The van der Waals surface area contributed by atoms with Crippen LogP contribution in [0.5, 0.6) is 0 Å². The van der Waals surface area contributed by atoms with E-state index in [1.807, 2.05) is 24.3 Å². The maximum atomic E-state index is 14.3. The summed E-state index contributed by atoms with van der Waals surface area (Å²) in [6.07, 6.45) is 1.36. The molecule has 3 heteroatoms. The molecule has 0 aromatic heterocycles. The molecule has 1 aromatic carbocycles. The number of ether oxygens (including phenoxy) is 1. The smallest absolute Gasteiger partial charge is 0.159 e. The van der Waals surface area contributed by atoms with Gasteiger partial charge in [0.15, 0.2) is 5.67 Å². The van der Waals surface area contributed by atoms with Gasteiger partial charge in [0.2, 0.25) is 0 Å². The Morgan fingerprint density at radius 2 is 2.00 bits per heavy atom. The Balaban J connectivity index is 2.23. The molecule has 0 N–H and O–H groups in total. The van der Waals surface area contributed by atoms with Crippen LogP contribution in [-0.4, -0.2) is 13.2 Å². The van der Waals surface area contributed by atoms with E-state index in [9.17, 15) is 4.39 Å². The van der Waals surface area contributed by atoms with Crippen LogP contribution in [0.3, 0.4) is 0 Å². The normalized spacial score (nSPS) is 27.6. The quantitative estimate of drug-likeness (QED) is 0.750. The highest BCUT2D eigenvalue weighted by molar-refractivity contribution is 9.10. The Morgan fingerprint density at radius 1 is 1.29 bits per heavy atom. The lowest BCUT2D eigenvalue weighted by atomic mass is 9.90. The minimum atomic E-state index is -1.28. The average Bonchev–Trinajstić information content (AvgIpc) is 2.19. The van der Waals surface area contributed by atoms with Crippen molar-refractivity contribution in [3.63, 3.8) is 0 Å². The SMILES string of the molecule is FC1(c2ccc(Br)cc2)CCCOC1. The van der Waals surface area contributed by atoms with Gasteiger partial charge in [-0.1, -0.05) is 28.1 Å². The van der Waals surface area contributed by atoms with E-state index in [1.54, 1.807) is 0 Å². The molecule has 1 nitrogen and oxygen atoms in total. The maximum absolute atomic E-state index is 14.3. The van der Waals surface area contributed by atoms with Crippen LogP contribution >= 0.6 is 15.9 Å². The lowest BCUT2D eigenvalue weighted by Gasteiger charge is -2.29. The molecule has 2 rings (SSSR count). The van der Waals surface area contributed by atoms with Crippen LogP contribution in [0, 0.1) is 0 Å². The predicted molar refractivity (Wildman–Crippen MR) is 57.0 cm³/mol. The van der Waals surface area contributed by atoms with E-state index in [1.165, 1.54) is 0 Å². The van der Waals surface area contributed by atoms with Crippen LogP contribution < -0.4 is 0 Å². The van der Waals surface area contributed by atoms with Crippen LogP contribution in [0.2, 0.25) is 0 Å². The summed E-state index contributed by atoms with van der Waals surface area (Å²) in [6, 6.07) is 7.37. The van der Waals surface area contributed by atoms with Crippen molar-refractivity contribution in [2.45, 2.75) is 18.5 Å². The van der Waals surface area contributed by atoms with Crippen LogP contribution in [-0.2, 0) is 10.4 Å². The second-order valence-electron chi connectivity index (χ2n) is 3.63. The molecule has 0 saturated carbocycles. The van der Waals surface area contributed by atoms with Gasteiger partial charge < -0.3 is 4.74 Å². The van der Waals surface area contributed by atoms with Gasteiger partial charge in [-0.3, -0.25) is 0 Å². The van der Waals surface area contributed by atoms with E-state index in [2.05, 4.69) is 15.9 Å². The van der Waals surface area contributed by atoms with Gasteiger partial charge in [0.1, 0.15) is 0 Å². The molecule has 1 heterocycles. The first kappa shape index (κ1) is 10.1. The predicted octanol–water partition coefficient (Wildman–Crippen LogP) is 3.42. The fourth-order valence-corrected chi connectivity index (χ4v) is 2.00. The lowest BCUT2D eigenvalue weighted by Crippen LogP contribution is -2.31. The molecular formula is C11H12BrFO. The highest BCUT2D eigenvalue weighted by Crippen LogP contribution is 2.34. The molecule has 0 amide bonds. The zero-order valence-corrected chi connectivity index (χ0v) is 9.39. The number of benzene rings is 1. The Hall–Kier alpha value is -0.410. The summed E-state index contributed by atoms with van der Waals surface area (Å²) < 4.78 is 20.5. The van der Waals surface area contributed by atoms with Crippen molar-refractivity contribution in [1.29, 1.82) is 0 Å². The van der Waals surface area contributed by atoms with Gasteiger partial charge in [0.05, 0.1) is 6.61 Å². The first-order valence-electron chi connectivity index (χ1n) is 4.73. The van der Waals surface area contributed by atoms with Crippen LogP contribution in [0.25, 0.3) is 0 Å². The number of alkyl halides is 1. The second kappa shape index (κ2) is 3.99. The highest BCUT2D eigenvalue weighted by Gasteiger charge is 2.34. The Labute approximate surface area is 91.4 Å². The van der Waals surface area contributed by atoms with Crippen LogP contribution in [0.1, 0.15) is 18.4 Å². The van der Waals surface area contributed by atoms with Crippen LogP contribution in [0.15, 0.2) is 28.7 Å². The highest BCUT2D eigenvalue weighted by atomic mass is 79.9. The lowest BCUT2D eigenvalue weighted by molar-refractivity contribution is -0.0347. The van der Waals surface area contributed by atoms with Gasteiger partial charge in [0, 0.05) is 11.1 Å².